The van der Waals surface area contributed by atoms with E-state index < -0.39 is 5.97 Å². The van der Waals surface area contributed by atoms with Gasteiger partial charge in [-0.25, -0.2) is 0 Å². The lowest BCUT2D eigenvalue weighted by molar-refractivity contribution is -0.137. The molecule has 1 aromatic carbocycles. The van der Waals surface area contributed by atoms with Crippen LogP contribution in [-0.2, 0) is 4.79 Å². The number of carboxylic acid groups (broad SMARTS) is 1. The normalized spacial score (nSPS) is 12.1. The van der Waals surface area contributed by atoms with E-state index >= 15 is 0 Å². The van der Waals surface area contributed by atoms with Crippen LogP contribution in [0.5, 0.6) is 5.75 Å². The number of nitrogens with one attached hydrogen (secondary N) is 1. The number of hydrogen-bond acceptors (Lipinski definition) is 3. The Labute approximate surface area is 128 Å². The number of halogens is 1. The van der Waals surface area contributed by atoms with Gasteiger partial charge in [-0.15, -0.1) is 0 Å². The van der Waals surface area contributed by atoms with Crippen molar-refractivity contribution in [2.45, 2.75) is 26.2 Å². The Bertz CT molecular complexity index is 412. The zero-order chi connectivity index (χ0) is 14.8. The number of benzene rings is 1. The molecule has 0 amide bonds. The fourth-order valence-electron chi connectivity index (χ4n) is 1.79. The number of hydrogen-bond donors (Lipinski definition) is 2. The van der Waals surface area contributed by atoms with E-state index in [0.717, 1.165) is 36.2 Å². The van der Waals surface area contributed by atoms with Crippen molar-refractivity contribution in [1.82, 2.24) is 5.32 Å². The molecule has 20 heavy (non-hydrogen) atoms. The standard InChI is InChI=1S/C15H22BrNO3/c1-12(5-6-15(18)19)7-8-17-9-10-20-14-4-2-3-13(16)11-14/h2-4,11-12,17H,5-10H2,1H3,(H,18,19). The van der Waals surface area contributed by atoms with Crippen molar-refractivity contribution in [3.05, 3.63) is 28.7 Å². The minimum atomic E-state index is -0.716. The van der Waals surface area contributed by atoms with E-state index in [0.29, 0.717) is 12.5 Å². The SMILES string of the molecule is CC(CCNCCOc1cccc(Br)c1)CCC(=O)O. The van der Waals surface area contributed by atoms with Crippen LogP contribution in [0.3, 0.4) is 0 Å². The average Bonchev–Trinajstić information content (AvgIpc) is 2.40. The predicted octanol–water partition coefficient (Wildman–Crippen LogP) is 3.31. The Morgan fingerprint density at radius 3 is 2.90 bits per heavy atom. The van der Waals surface area contributed by atoms with E-state index in [1.165, 1.54) is 0 Å². The second kappa shape index (κ2) is 9.77. The molecule has 0 spiro atoms. The van der Waals surface area contributed by atoms with Crippen molar-refractivity contribution in [1.29, 1.82) is 0 Å². The van der Waals surface area contributed by atoms with Crippen molar-refractivity contribution < 1.29 is 14.6 Å². The largest absolute Gasteiger partial charge is 0.492 e. The molecule has 0 aliphatic heterocycles. The Balaban J connectivity index is 2.01. The molecular weight excluding hydrogens is 322 g/mol. The molecule has 2 N–H and O–H groups in total. The van der Waals surface area contributed by atoms with Gasteiger partial charge in [0.15, 0.2) is 0 Å². The van der Waals surface area contributed by atoms with E-state index in [2.05, 4.69) is 28.2 Å². The molecule has 0 saturated carbocycles. The van der Waals surface area contributed by atoms with Crippen molar-refractivity contribution in [3.63, 3.8) is 0 Å². The molecule has 1 aromatic rings. The highest BCUT2D eigenvalue weighted by Crippen LogP contribution is 2.17. The molecule has 1 atom stereocenters. The molecule has 0 radical (unpaired) electrons. The summed E-state index contributed by atoms with van der Waals surface area (Å²) in [7, 11) is 0. The van der Waals surface area contributed by atoms with Crippen LogP contribution in [0.2, 0.25) is 0 Å². The van der Waals surface area contributed by atoms with Crippen LogP contribution in [0.4, 0.5) is 0 Å². The second-order valence-corrected chi connectivity index (χ2v) is 5.80. The topological polar surface area (TPSA) is 58.6 Å². The first kappa shape index (κ1) is 17.0. The van der Waals surface area contributed by atoms with Crippen molar-refractivity contribution in [2.75, 3.05) is 19.7 Å². The molecular formula is C15H22BrNO3. The molecule has 4 nitrogen and oxygen atoms in total. The lowest BCUT2D eigenvalue weighted by atomic mass is 10.0. The smallest absolute Gasteiger partial charge is 0.303 e. The molecule has 112 valence electrons. The Kier molecular flexibility index (Phi) is 8.30. The van der Waals surface area contributed by atoms with Gasteiger partial charge in [0.1, 0.15) is 12.4 Å². The van der Waals surface area contributed by atoms with Gasteiger partial charge in [0.05, 0.1) is 0 Å². The van der Waals surface area contributed by atoms with Gasteiger partial charge in [-0.3, -0.25) is 4.79 Å². The first-order valence-corrected chi connectivity index (χ1v) is 7.68. The lowest BCUT2D eigenvalue weighted by Gasteiger charge is -2.11. The first-order valence-electron chi connectivity index (χ1n) is 6.89. The number of rotatable bonds is 10. The maximum atomic E-state index is 10.4. The van der Waals surface area contributed by atoms with Crippen LogP contribution in [0.1, 0.15) is 26.2 Å². The fourth-order valence-corrected chi connectivity index (χ4v) is 2.16. The summed E-state index contributed by atoms with van der Waals surface area (Å²) >= 11 is 3.40. The average molecular weight is 344 g/mol. The molecule has 0 aliphatic carbocycles. The van der Waals surface area contributed by atoms with Crippen LogP contribution < -0.4 is 10.1 Å². The van der Waals surface area contributed by atoms with Crippen LogP contribution >= 0.6 is 15.9 Å². The van der Waals surface area contributed by atoms with E-state index in [1.807, 2.05) is 24.3 Å². The number of carbonyl (C=O) groups is 1. The van der Waals surface area contributed by atoms with Crippen LogP contribution in [0.15, 0.2) is 28.7 Å². The molecule has 5 heteroatoms. The van der Waals surface area contributed by atoms with Crippen LogP contribution in [0, 0.1) is 5.92 Å². The van der Waals surface area contributed by atoms with E-state index in [-0.39, 0.29) is 6.42 Å². The van der Waals surface area contributed by atoms with Gasteiger partial charge < -0.3 is 15.2 Å². The molecule has 1 rings (SSSR count). The summed E-state index contributed by atoms with van der Waals surface area (Å²) in [5.74, 6) is 0.577. The highest BCUT2D eigenvalue weighted by molar-refractivity contribution is 9.10. The van der Waals surface area contributed by atoms with Gasteiger partial charge in [-0.2, -0.15) is 0 Å². The maximum absolute atomic E-state index is 10.4. The Morgan fingerprint density at radius 1 is 1.40 bits per heavy atom. The van der Waals surface area contributed by atoms with Crippen LogP contribution in [0.25, 0.3) is 0 Å². The minimum Gasteiger partial charge on any atom is -0.492 e. The number of ether oxygens (including phenoxy) is 1. The highest BCUT2D eigenvalue weighted by Gasteiger charge is 2.04. The van der Waals surface area contributed by atoms with Crippen molar-refractivity contribution in [2.24, 2.45) is 5.92 Å². The first-order chi connectivity index (χ1) is 9.58. The molecule has 1 unspecified atom stereocenters. The minimum absolute atomic E-state index is 0.257. The lowest BCUT2D eigenvalue weighted by Crippen LogP contribution is -2.23. The van der Waals surface area contributed by atoms with Gasteiger partial charge in [0, 0.05) is 17.4 Å². The summed E-state index contributed by atoms with van der Waals surface area (Å²) in [6, 6.07) is 7.77. The number of aliphatic carboxylic acids is 1. The van der Waals surface area contributed by atoms with Gasteiger partial charge in [0.2, 0.25) is 0 Å². The quantitative estimate of drug-likeness (QED) is 0.640. The van der Waals surface area contributed by atoms with Gasteiger partial charge in [-0.05, 0) is 43.5 Å². The Morgan fingerprint density at radius 2 is 2.20 bits per heavy atom. The maximum Gasteiger partial charge on any atom is 0.303 e. The van der Waals surface area contributed by atoms with Crippen molar-refractivity contribution in [3.8, 4) is 5.75 Å². The summed E-state index contributed by atoms with van der Waals surface area (Å²) in [4.78, 5) is 10.4. The summed E-state index contributed by atoms with van der Waals surface area (Å²) in [6.45, 7) is 4.39. The summed E-state index contributed by atoms with van der Waals surface area (Å²) in [5, 5.41) is 11.9. The third kappa shape index (κ3) is 8.17. The van der Waals surface area contributed by atoms with Gasteiger partial charge >= 0.3 is 5.97 Å². The van der Waals surface area contributed by atoms with E-state index in [4.69, 9.17) is 9.84 Å². The van der Waals surface area contributed by atoms with Crippen molar-refractivity contribution >= 4 is 21.9 Å². The predicted molar refractivity (Wildman–Crippen MR) is 83.2 cm³/mol. The van der Waals surface area contributed by atoms with Gasteiger partial charge in [0.25, 0.3) is 0 Å². The molecule has 0 fully saturated rings. The summed E-state index contributed by atoms with van der Waals surface area (Å²) in [6.07, 6.45) is 1.99. The molecule has 0 heterocycles. The third-order valence-electron chi connectivity index (χ3n) is 3.01. The van der Waals surface area contributed by atoms with Gasteiger partial charge in [-0.1, -0.05) is 28.9 Å². The molecule has 0 saturated heterocycles. The van der Waals surface area contributed by atoms with Crippen LogP contribution in [-0.4, -0.2) is 30.8 Å². The highest BCUT2D eigenvalue weighted by atomic mass is 79.9. The zero-order valence-electron chi connectivity index (χ0n) is 11.8. The van der Waals surface area contributed by atoms with E-state index in [9.17, 15) is 4.79 Å². The third-order valence-corrected chi connectivity index (χ3v) is 3.50. The molecule has 0 aromatic heterocycles. The summed E-state index contributed by atoms with van der Waals surface area (Å²) in [5.41, 5.74) is 0. The van der Waals surface area contributed by atoms with E-state index in [1.54, 1.807) is 0 Å². The molecule has 0 aliphatic rings. The fraction of sp³-hybridized carbons (Fsp3) is 0.533. The Hall–Kier alpha value is -1.07. The zero-order valence-corrected chi connectivity index (χ0v) is 13.4. The second-order valence-electron chi connectivity index (χ2n) is 4.88. The summed E-state index contributed by atoms with van der Waals surface area (Å²) < 4.78 is 6.61. The number of carboxylic acids is 1. The molecule has 0 bridgehead atoms. The monoisotopic (exact) mass is 343 g/mol.